The zero-order valence-corrected chi connectivity index (χ0v) is 16.9. The summed E-state index contributed by atoms with van der Waals surface area (Å²) < 4.78 is 1.54. The van der Waals surface area contributed by atoms with E-state index < -0.39 is 4.92 Å². The number of nitro groups is 1. The van der Waals surface area contributed by atoms with Crippen LogP contribution in [0.1, 0.15) is 39.1 Å². The van der Waals surface area contributed by atoms with Crippen molar-refractivity contribution in [3.63, 3.8) is 0 Å². The molecule has 0 atom stereocenters. The average Bonchev–Trinajstić information content (AvgIpc) is 3.49. The Hall–Kier alpha value is -4.01. The summed E-state index contributed by atoms with van der Waals surface area (Å²) in [6, 6.07) is 11.7. The van der Waals surface area contributed by atoms with Gasteiger partial charge in [-0.15, -0.1) is 0 Å². The Morgan fingerprint density at radius 1 is 1.19 bits per heavy atom. The number of carbonyl (C=O) groups is 2. The number of hydrogen-bond donors (Lipinski definition) is 1. The second-order valence-corrected chi connectivity index (χ2v) is 7.37. The van der Waals surface area contributed by atoms with Gasteiger partial charge >= 0.3 is 0 Å². The average molecular weight is 419 g/mol. The molecule has 0 bridgehead atoms. The maximum Gasteiger partial charge on any atom is 0.294 e. The van der Waals surface area contributed by atoms with Crippen LogP contribution in [0.25, 0.3) is 5.69 Å². The minimum absolute atomic E-state index is 0.110. The van der Waals surface area contributed by atoms with Gasteiger partial charge in [-0.25, -0.2) is 4.98 Å². The first-order chi connectivity index (χ1) is 15.0. The lowest BCUT2D eigenvalue weighted by Gasteiger charge is -2.23. The molecule has 1 aromatic heterocycles. The first kappa shape index (κ1) is 20.3. The monoisotopic (exact) mass is 419 g/mol. The Morgan fingerprint density at radius 3 is 2.48 bits per heavy atom. The molecule has 9 heteroatoms. The first-order valence-corrected chi connectivity index (χ1v) is 9.86. The van der Waals surface area contributed by atoms with Crippen molar-refractivity contribution < 1.29 is 14.5 Å². The van der Waals surface area contributed by atoms with Gasteiger partial charge in [-0.05, 0) is 42.7 Å². The lowest BCUT2D eigenvalue weighted by atomic mass is 10.1. The second-order valence-electron chi connectivity index (χ2n) is 7.37. The van der Waals surface area contributed by atoms with Crippen LogP contribution in [0.2, 0.25) is 0 Å². The number of aromatic nitrogens is 2. The SMILES string of the molecule is CNC(=O)c1ccc(CN(C(=O)c2ccc(-n3ccnc3)c([N+](=O)[O-])c2)C2CC2)cc1. The van der Waals surface area contributed by atoms with E-state index in [0.29, 0.717) is 17.8 Å². The molecule has 1 aliphatic carbocycles. The summed E-state index contributed by atoms with van der Waals surface area (Å²) in [5, 5.41) is 14.2. The zero-order valence-electron chi connectivity index (χ0n) is 16.9. The van der Waals surface area contributed by atoms with Crippen molar-refractivity contribution in [2.75, 3.05) is 7.05 Å². The van der Waals surface area contributed by atoms with Crippen molar-refractivity contribution in [3.05, 3.63) is 88.0 Å². The molecular weight excluding hydrogens is 398 g/mol. The molecule has 0 aliphatic heterocycles. The molecule has 1 fully saturated rings. The fourth-order valence-corrected chi connectivity index (χ4v) is 3.44. The highest BCUT2D eigenvalue weighted by molar-refractivity contribution is 5.96. The summed E-state index contributed by atoms with van der Waals surface area (Å²) in [6.07, 6.45) is 6.42. The Morgan fingerprint density at radius 2 is 1.90 bits per heavy atom. The van der Waals surface area contributed by atoms with Crippen molar-refractivity contribution in [1.82, 2.24) is 19.8 Å². The molecule has 9 nitrogen and oxygen atoms in total. The normalized spacial score (nSPS) is 12.9. The Balaban J connectivity index is 1.59. The van der Waals surface area contributed by atoms with Gasteiger partial charge in [-0.3, -0.25) is 19.7 Å². The maximum absolute atomic E-state index is 13.2. The van der Waals surface area contributed by atoms with Gasteiger partial charge in [0.15, 0.2) is 0 Å². The van der Waals surface area contributed by atoms with Crippen molar-refractivity contribution in [2.45, 2.75) is 25.4 Å². The Bertz CT molecular complexity index is 1120. The summed E-state index contributed by atoms with van der Waals surface area (Å²) in [5.74, 6) is -0.426. The number of amides is 2. The number of hydrogen-bond acceptors (Lipinski definition) is 5. The minimum Gasteiger partial charge on any atom is -0.355 e. The quantitative estimate of drug-likeness (QED) is 0.468. The van der Waals surface area contributed by atoms with E-state index in [0.717, 1.165) is 18.4 Å². The predicted molar refractivity (Wildman–Crippen MR) is 113 cm³/mol. The standard InChI is InChI=1S/C22H21N5O4/c1-23-21(28)16-4-2-15(3-5-16)13-26(18-7-8-18)22(29)17-6-9-19(20(12-17)27(30)31)25-11-10-24-14-25/h2-6,9-12,14,18H,7-8,13H2,1H3,(H,23,28). The number of imidazole rings is 1. The van der Waals surface area contributed by atoms with E-state index in [-0.39, 0.29) is 29.1 Å². The topological polar surface area (TPSA) is 110 Å². The molecule has 1 heterocycles. The zero-order chi connectivity index (χ0) is 22.0. The molecule has 1 N–H and O–H groups in total. The summed E-state index contributed by atoms with van der Waals surface area (Å²) >= 11 is 0. The van der Waals surface area contributed by atoms with Gasteiger partial charge in [0.1, 0.15) is 5.69 Å². The molecule has 2 amide bonds. The second kappa shape index (κ2) is 8.39. The van der Waals surface area contributed by atoms with E-state index in [1.165, 1.54) is 18.6 Å². The third kappa shape index (κ3) is 4.30. The van der Waals surface area contributed by atoms with Gasteiger partial charge in [-0.1, -0.05) is 12.1 Å². The van der Waals surface area contributed by atoms with Crippen molar-refractivity contribution >= 4 is 17.5 Å². The van der Waals surface area contributed by atoms with Crippen LogP contribution in [-0.2, 0) is 6.54 Å². The maximum atomic E-state index is 13.2. The van der Waals surface area contributed by atoms with Crippen LogP contribution in [0.3, 0.4) is 0 Å². The van der Waals surface area contributed by atoms with Crippen molar-refractivity contribution in [2.24, 2.45) is 0 Å². The molecule has 0 radical (unpaired) electrons. The van der Waals surface area contributed by atoms with E-state index in [2.05, 4.69) is 10.3 Å². The highest BCUT2D eigenvalue weighted by atomic mass is 16.6. The molecule has 31 heavy (non-hydrogen) atoms. The lowest BCUT2D eigenvalue weighted by molar-refractivity contribution is -0.384. The van der Waals surface area contributed by atoms with Gasteiger partial charge in [-0.2, -0.15) is 0 Å². The molecule has 4 rings (SSSR count). The highest BCUT2D eigenvalue weighted by Crippen LogP contribution is 2.31. The molecule has 0 spiro atoms. The van der Waals surface area contributed by atoms with E-state index in [4.69, 9.17) is 0 Å². The van der Waals surface area contributed by atoms with Crippen LogP contribution in [-0.4, -0.2) is 44.3 Å². The number of benzene rings is 2. The summed E-state index contributed by atoms with van der Waals surface area (Å²) in [6.45, 7) is 0.370. The van der Waals surface area contributed by atoms with Crippen LogP contribution < -0.4 is 5.32 Å². The van der Waals surface area contributed by atoms with E-state index in [1.807, 2.05) is 12.1 Å². The molecular formula is C22H21N5O4. The third-order valence-corrected chi connectivity index (χ3v) is 5.25. The summed E-state index contributed by atoms with van der Waals surface area (Å²) in [5.41, 5.74) is 1.89. The molecule has 1 aliphatic rings. The van der Waals surface area contributed by atoms with Crippen LogP contribution in [0.15, 0.2) is 61.2 Å². The molecule has 1 saturated carbocycles. The molecule has 0 unspecified atom stereocenters. The Kier molecular flexibility index (Phi) is 5.48. The molecule has 2 aromatic carbocycles. The van der Waals surface area contributed by atoms with Gasteiger partial charge in [0.05, 0.1) is 11.3 Å². The lowest BCUT2D eigenvalue weighted by Crippen LogP contribution is -2.32. The van der Waals surface area contributed by atoms with E-state index in [1.54, 1.807) is 47.0 Å². The fourth-order valence-electron chi connectivity index (χ4n) is 3.44. The van der Waals surface area contributed by atoms with Gasteiger partial charge in [0.2, 0.25) is 0 Å². The number of rotatable bonds is 7. The van der Waals surface area contributed by atoms with Gasteiger partial charge < -0.3 is 14.8 Å². The molecule has 0 saturated heterocycles. The first-order valence-electron chi connectivity index (χ1n) is 9.86. The van der Waals surface area contributed by atoms with Crippen LogP contribution in [0.4, 0.5) is 5.69 Å². The van der Waals surface area contributed by atoms with Crippen LogP contribution >= 0.6 is 0 Å². The summed E-state index contributed by atoms with van der Waals surface area (Å²) in [7, 11) is 1.57. The number of carbonyl (C=O) groups excluding carboxylic acids is 2. The smallest absolute Gasteiger partial charge is 0.294 e. The molecule has 158 valence electrons. The van der Waals surface area contributed by atoms with E-state index in [9.17, 15) is 19.7 Å². The highest BCUT2D eigenvalue weighted by Gasteiger charge is 2.34. The van der Waals surface area contributed by atoms with Crippen molar-refractivity contribution in [1.29, 1.82) is 0 Å². The van der Waals surface area contributed by atoms with Gasteiger partial charge in [0, 0.05) is 49.2 Å². The number of nitro benzene ring substituents is 1. The van der Waals surface area contributed by atoms with Crippen LogP contribution in [0.5, 0.6) is 0 Å². The molecule has 3 aromatic rings. The largest absolute Gasteiger partial charge is 0.355 e. The van der Waals surface area contributed by atoms with Crippen molar-refractivity contribution in [3.8, 4) is 5.69 Å². The predicted octanol–water partition coefficient (Wildman–Crippen LogP) is 2.94. The Labute approximate surface area is 178 Å². The number of nitrogens with one attached hydrogen (secondary N) is 1. The third-order valence-electron chi connectivity index (χ3n) is 5.25. The summed E-state index contributed by atoms with van der Waals surface area (Å²) in [4.78, 5) is 41.8. The van der Waals surface area contributed by atoms with Crippen LogP contribution in [0, 0.1) is 10.1 Å². The van der Waals surface area contributed by atoms with Gasteiger partial charge in [0.25, 0.3) is 17.5 Å². The number of nitrogens with zero attached hydrogens (tertiary/aromatic N) is 4. The van der Waals surface area contributed by atoms with E-state index >= 15 is 0 Å². The fraction of sp³-hybridized carbons (Fsp3) is 0.227. The minimum atomic E-state index is -0.495.